The first-order valence-corrected chi connectivity index (χ1v) is 11.9. The minimum absolute atomic E-state index is 0.0238. The van der Waals surface area contributed by atoms with Gasteiger partial charge in [0, 0.05) is 39.4 Å². The molecule has 1 aliphatic carbocycles. The van der Waals surface area contributed by atoms with E-state index in [9.17, 15) is 14.0 Å². The molecular weight excluding hydrogens is 493 g/mol. The highest BCUT2D eigenvalue weighted by Crippen LogP contribution is 2.42. The van der Waals surface area contributed by atoms with Crippen LogP contribution in [0, 0.1) is 5.82 Å². The van der Waals surface area contributed by atoms with Crippen molar-refractivity contribution in [3.63, 3.8) is 0 Å². The molecule has 2 heterocycles. The van der Waals surface area contributed by atoms with Crippen LogP contribution in [0.4, 0.5) is 9.52 Å². The van der Waals surface area contributed by atoms with E-state index in [0.717, 1.165) is 33.2 Å². The second kappa shape index (κ2) is 8.26. The molecule has 8 heteroatoms. The van der Waals surface area contributed by atoms with Crippen LogP contribution in [0.3, 0.4) is 0 Å². The Hall–Kier alpha value is -2.84. The fourth-order valence-electron chi connectivity index (χ4n) is 4.39. The van der Waals surface area contributed by atoms with Gasteiger partial charge in [-0.05, 0) is 55.7 Å². The van der Waals surface area contributed by atoms with Crippen molar-refractivity contribution in [1.82, 2.24) is 10.3 Å². The highest BCUT2D eigenvalue weighted by molar-refractivity contribution is 9.10. The van der Waals surface area contributed by atoms with Crippen LogP contribution in [0.25, 0.3) is 10.2 Å². The van der Waals surface area contributed by atoms with Gasteiger partial charge in [-0.3, -0.25) is 14.9 Å². The summed E-state index contributed by atoms with van der Waals surface area (Å²) in [6, 6.07) is 11.8. The number of nitrogens with one attached hydrogen (secondary N) is 2. The molecule has 2 N–H and O–H groups in total. The largest absolute Gasteiger partial charge is 0.362 e. The first-order valence-electron chi connectivity index (χ1n) is 10.3. The van der Waals surface area contributed by atoms with Crippen molar-refractivity contribution >= 4 is 54.3 Å². The van der Waals surface area contributed by atoms with E-state index in [0.29, 0.717) is 34.0 Å². The number of dihydropyridines is 1. The second-order valence-corrected chi connectivity index (χ2v) is 9.85. The first-order chi connectivity index (χ1) is 15.4. The summed E-state index contributed by atoms with van der Waals surface area (Å²) in [6.45, 7) is 1.84. The summed E-state index contributed by atoms with van der Waals surface area (Å²) >= 11 is 4.83. The molecule has 2 aliphatic rings. The van der Waals surface area contributed by atoms with Crippen LogP contribution in [-0.2, 0) is 9.59 Å². The normalized spacial score (nSPS) is 18.6. The molecule has 5 nitrogen and oxygen atoms in total. The van der Waals surface area contributed by atoms with E-state index in [1.165, 1.54) is 23.5 Å². The van der Waals surface area contributed by atoms with E-state index < -0.39 is 5.92 Å². The van der Waals surface area contributed by atoms with Crippen molar-refractivity contribution in [2.45, 2.75) is 32.1 Å². The Bertz CT molecular complexity index is 1330. The zero-order valence-electron chi connectivity index (χ0n) is 17.2. The Morgan fingerprint density at radius 2 is 2.00 bits per heavy atom. The molecule has 1 aliphatic heterocycles. The number of hydrogen-bond acceptors (Lipinski definition) is 5. The van der Waals surface area contributed by atoms with Crippen LogP contribution in [-0.4, -0.2) is 16.7 Å². The predicted octanol–water partition coefficient (Wildman–Crippen LogP) is 5.80. The molecule has 162 valence electrons. The van der Waals surface area contributed by atoms with Crippen LogP contribution in [0.15, 0.2) is 69.5 Å². The molecule has 0 radical (unpaired) electrons. The number of halogens is 2. The molecule has 1 aromatic heterocycles. The molecule has 1 unspecified atom stereocenters. The Morgan fingerprint density at radius 3 is 2.78 bits per heavy atom. The zero-order chi connectivity index (χ0) is 22.4. The summed E-state index contributed by atoms with van der Waals surface area (Å²) in [7, 11) is 0. The van der Waals surface area contributed by atoms with Crippen LogP contribution in [0.2, 0.25) is 0 Å². The minimum atomic E-state index is -0.553. The van der Waals surface area contributed by atoms with Crippen LogP contribution < -0.4 is 10.6 Å². The maximum absolute atomic E-state index is 13.6. The maximum atomic E-state index is 13.6. The number of carbonyl (C=O) groups is 2. The highest BCUT2D eigenvalue weighted by Gasteiger charge is 2.38. The third kappa shape index (κ3) is 3.78. The number of amides is 1. The molecule has 1 atom stereocenters. The predicted molar refractivity (Wildman–Crippen MR) is 127 cm³/mol. The summed E-state index contributed by atoms with van der Waals surface area (Å²) in [5.74, 6) is -1.22. The average molecular weight is 512 g/mol. The Kier molecular flexibility index (Phi) is 5.43. The quantitative estimate of drug-likeness (QED) is 0.465. The van der Waals surface area contributed by atoms with E-state index in [4.69, 9.17) is 0 Å². The molecule has 0 saturated carbocycles. The molecule has 2 aromatic carbocycles. The van der Waals surface area contributed by atoms with Crippen LogP contribution in [0.5, 0.6) is 0 Å². The van der Waals surface area contributed by atoms with Crippen molar-refractivity contribution in [2.75, 3.05) is 5.32 Å². The maximum Gasteiger partial charge on any atom is 0.256 e. The summed E-state index contributed by atoms with van der Waals surface area (Å²) in [5.41, 5.74) is 4.11. The van der Waals surface area contributed by atoms with E-state index in [1.54, 1.807) is 12.1 Å². The number of allylic oxidation sites excluding steroid dienone is 3. The molecular formula is C24H19BrFN3O2S. The monoisotopic (exact) mass is 511 g/mol. The van der Waals surface area contributed by atoms with Crippen molar-refractivity contribution in [1.29, 1.82) is 0 Å². The number of Topliss-reactive ketones (excluding diaryl/α,β-unsaturated/α-hetero) is 1. The molecule has 0 spiro atoms. The number of rotatable bonds is 3. The van der Waals surface area contributed by atoms with Gasteiger partial charge in [-0.1, -0.05) is 39.4 Å². The molecule has 0 bridgehead atoms. The average Bonchev–Trinajstić information content (AvgIpc) is 3.14. The molecule has 0 fully saturated rings. The number of anilines is 1. The van der Waals surface area contributed by atoms with E-state index in [2.05, 4.69) is 31.5 Å². The first kappa shape index (κ1) is 21.0. The van der Waals surface area contributed by atoms with Crippen molar-refractivity contribution in [3.8, 4) is 0 Å². The van der Waals surface area contributed by atoms with Gasteiger partial charge in [-0.15, -0.1) is 0 Å². The van der Waals surface area contributed by atoms with Gasteiger partial charge < -0.3 is 5.32 Å². The topological polar surface area (TPSA) is 71.1 Å². The van der Waals surface area contributed by atoms with Crippen molar-refractivity contribution < 1.29 is 14.0 Å². The van der Waals surface area contributed by atoms with Gasteiger partial charge in [0.05, 0.1) is 10.2 Å². The summed E-state index contributed by atoms with van der Waals surface area (Å²) in [6.07, 6.45) is 1.97. The molecule has 0 saturated heterocycles. The third-order valence-corrected chi connectivity index (χ3v) is 7.22. The Balaban J connectivity index is 1.55. The number of fused-ring (bicyclic) bond motifs is 1. The number of benzene rings is 2. The van der Waals surface area contributed by atoms with Gasteiger partial charge in [-0.2, -0.15) is 0 Å². The fraction of sp³-hybridized carbons (Fsp3) is 0.208. The van der Waals surface area contributed by atoms with E-state index >= 15 is 0 Å². The van der Waals surface area contributed by atoms with E-state index in [-0.39, 0.29) is 17.5 Å². The third-order valence-electron chi connectivity index (χ3n) is 5.79. The summed E-state index contributed by atoms with van der Waals surface area (Å²) < 4.78 is 15.5. The lowest BCUT2D eigenvalue weighted by Gasteiger charge is -2.34. The number of carbonyl (C=O) groups excluding carboxylic acids is 2. The number of thiazole rings is 1. The number of aromatic nitrogens is 1. The second-order valence-electron chi connectivity index (χ2n) is 7.90. The number of nitrogens with zero attached hydrogens (tertiary/aromatic N) is 1. The van der Waals surface area contributed by atoms with Gasteiger partial charge in [0.2, 0.25) is 0 Å². The van der Waals surface area contributed by atoms with Crippen molar-refractivity contribution in [3.05, 3.63) is 80.9 Å². The molecule has 1 amide bonds. The number of ketones is 1. The molecule has 3 aromatic rings. The lowest BCUT2D eigenvalue weighted by molar-refractivity contribution is -0.116. The van der Waals surface area contributed by atoms with Gasteiger partial charge in [-0.25, -0.2) is 9.37 Å². The minimum Gasteiger partial charge on any atom is -0.362 e. The lowest BCUT2D eigenvalue weighted by atomic mass is 9.75. The van der Waals surface area contributed by atoms with Gasteiger partial charge in [0.25, 0.3) is 5.91 Å². The highest BCUT2D eigenvalue weighted by atomic mass is 79.9. The Labute approximate surface area is 196 Å². The fourth-order valence-corrected chi connectivity index (χ4v) is 5.80. The summed E-state index contributed by atoms with van der Waals surface area (Å²) in [4.78, 5) is 30.9. The van der Waals surface area contributed by atoms with Gasteiger partial charge >= 0.3 is 0 Å². The Morgan fingerprint density at radius 1 is 1.22 bits per heavy atom. The lowest BCUT2D eigenvalue weighted by Crippen LogP contribution is -2.35. The van der Waals surface area contributed by atoms with Gasteiger partial charge in [0.15, 0.2) is 10.9 Å². The standard InChI is InChI=1S/C24H19BrFN3O2S/c1-12-20(23(31)29-24-28-16-10-7-14(25)11-19(16)32-24)21(13-5-8-15(26)9-6-13)22-17(27-12)3-2-4-18(22)30/h5-11,21,27H,2-4H2,1H3,(H,28,29,31). The smallest absolute Gasteiger partial charge is 0.256 e. The van der Waals surface area contributed by atoms with Gasteiger partial charge in [0.1, 0.15) is 5.82 Å². The molecule has 32 heavy (non-hydrogen) atoms. The zero-order valence-corrected chi connectivity index (χ0v) is 19.6. The van der Waals surface area contributed by atoms with Crippen molar-refractivity contribution in [2.24, 2.45) is 0 Å². The van der Waals surface area contributed by atoms with Crippen LogP contribution in [0.1, 0.15) is 37.7 Å². The number of hydrogen-bond donors (Lipinski definition) is 2. The molecule has 5 rings (SSSR count). The van der Waals surface area contributed by atoms with Crippen LogP contribution >= 0.6 is 27.3 Å². The SMILES string of the molecule is CC1=C(C(=O)Nc2nc3ccc(Br)cc3s2)C(c2ccc(F)cc2)C2=C(CCCC2=O)N1. The van der Waals surface area contributed by atoms with E-state index in [1.807, 2.05) is 25.1 Å². The summed E-state index contributed by atoms with van der Waals surface area (Å²) in [5, 5.41) is 6.69.